The third kappa shape index (κ3) is 4.17. The van der Waals surface area contributed by atoms with Crippen molar-refractivity contribution in [3.05, 3.63) is 59.1 Å². The van der Waals surface area contributed by atoms with E-state index in [0.29, 0.717) is 5.52 Å². The van der Waals surface area contributed by atoms with E-state index in [1.165, 1.54) is 18.2 Å². The number of alkyl halides is 3. The van der Waals surface area contributed by atoms with E-state index in [2.05, 4.69) is 15.0 Å². The van der Waals surface area contributed by atoms with Crippen LogP contribution < -0.4 is 10.1 Å². The number of aromatic nitrogens is 1. The molecule has 3 rings (SSSR count). The number of hydrogen-bond acceptors (Lipinski definition) is 5. The van der Waals surface area contributed by atoms with Gasteiger partial charge >= 0.3 is 6.36 Å². The Morgan fingerprint density at radius 2 is 1.77 bits per heavy atom. The molecule has 0 aliphatic carbocycles. The van der Waals surface area contributed by atoms with Gasteiger partial charge in [0, 0.05) is 12.1 Å². The zero-order chi connectivity index (χ0) is 18.7. The summed E-state index contributed by atoms with van der Waals surface area (Å²) >= 11 is 1.07. The minimum Gasteiger partial charge on any atom is -0.405 e. The Morgan fingerprint density at radius 3 is 2.50 bits per heavy atom. The van der Waals surface area contributed by atoms with Crippen molar-refractivity contribution in [2.75, 3.05) is 0 Å². The number of rotatable bonds is 5. The smallest absolute Gasteiger partial charge is 0.405 e. The van der Waals surface area contributed by atoms with Gasteiger partial charge in [-0.1, -0.05) is 30.3 Å². The van der Waals surface area contributed by atoms with Gasteiger partial charge in [-0.25, -0.2) is 4.98 Å². The summed E-state index contributed by atoms with van der Waals surface area (Å²) in [4.78, 5) is 28.3. The van der Waals surface area contributed by atoms with Crippen molar-refractivity contribution in [2.45, 2.75) is 12.9 Å². The van der Waals surface area contributed by atoms with E-state index in [9.17, 15) is 22.8 Å². The molecule has 0 aliphatic rings. The Labute approximate surface area is 149 Å². The number of ketones is 1. The van der Waals surface area contributed by atoms with Gasteiger partial charge in [-0.3, -0.25) is 9.59 Å². The number of ether oxygens (including phenoxy) is 1. The number of carbonyl (C=O) groups is 2. The van der Waals surface area contributed by atoms with Gasteiger partial charge in [0.05, 0.1) is 10.2 Å². The van der Waals surface area contributed by atoms with E-state index in [1.54, 1.807) is 24.3 Å². The van der Waals surface area contributed by atoms with Crippen LogP contribution in [0.25, 0.3) is 10.2 Å². The first-order chi connectivity index (χ1) is 12.3. The average molecular weight is 380 g/mol. The monoisotopic (exact) mass is 380 g/mol. The number of fused-ring (bicyclic) bond motifs is 1. The second kappa shape index (κ2) is 7.12. The third-order valence-corrected chi connectivity index (χ3v) is 4.37. The SMILES string of the molecule is O=C(NCc1ccccc1OC(F)(F)F)C(=O)c1nc2ccccc2s1. The van der Waals surface area contributed by atoms with Crippen LogP contribution >= 0.6 is 11.3 Å². The lowest BCUT2D eigenvalue weighted by Crippen LogP contribution is -2.31. The quantitative estimate of drug-likeness (QED) is 0.541. The topological polar surface area (TPSA) is 68.3 Å². The minimum atomic E-state index is -4.85. The summed E-state index contributed by atoms with van der Waals surface area (Å²) in [5.74, 6) is -2.24. The summed E-state index contributed by atoms with van der Waals surface area (Å²) < 4.78 is 41.9. The molecule has 2 aromatic carbocycles. The highest BCUT2D eigenvalue weighted by Crippen LogP contribution is 2.26. The first kappa shape index (κ1) is 17.9. The number of thiazole rings is 1. The Kier molecular flexibility index (Phi) is 4.90. The van der Waals surface area contributed by atoms with Gasteiger partial charge in [0.2, 0.25) is 0 Å². The molecule has 3 aromatic rings. The van der Waals surface area contributed by atoms with Gasteiger partial charge in [0.15, 0.2) is 5.01 Å². The van der Waals surface area contributed by atoms with Gasteiger partial charge in [-0.15, -0.1) is 24.5 Å². The van der Waals surface area contributed by atoms with E-state index >= 15 is 0 Å². The predicted molar refractivity (Wildman–Crippen MR) is 88.9 cm³/mol. The molecule has 1 aromatic heterocycles. The van der Waals surface area contributed by atoms with Crippen molar-refractivity contribution in [2.24, 2.45) is 0 Å². The second-order valence-corrected chi connectivity index (χ2v) is 6.18. The molecule has 1 amide bonds. The lowest BCUT2D eigenvalue weighted by Gasteiger charge is -2.13. The van der Waals surface area contributed by atoms with Crippen LogP contribution in [-0.2, 0) is 11.3 Å². The molecule has 0 radical (unpaired) electrons. The van der Waals surface area contributed by atoms with Crippen LogP contribution in [0.3, 0.4) is 0 Å². The molecule has 0 saturated carbocycles. The maximum absolute atomic E-state index is 12.4. The van der Waals surface area contributed by atoms with Crippen LogP contribution in [-0.4, -0.2) is 23.0 Å². The standard InChI is InChI=1S/C17H11F3N2O3S/c18-17(19,20)25-12-7-3-1-5-10(12)9-21-15(24)14(23)16-22-11-6-2-4-8-13(11)26-16/h1-8H,9H2,(H,21,24). The van der Waals surface area contributed by atoms with Crippen molar-refractivity contribution in [1.82, 2.24) is 10.3 Å². The Balaban J connectivity index is 1.70. The molecule has 0 atom stereocenters. The highest BCUT2D eigenvalue weighted by molar-refractivity contribution is 7.20. The highest BCUT2D eigenvalue weighted by Gasteiger charge is 2.32. The molecular weight excluding hydrogens is 369 g/mol. The number of nitrogens with one attached hydrogen (secondary N) is 1. The van der Waals surface area contributed by atoms with E-state index in [0.717, 1.165) is 22.1 Å². The molecule has 0 bridgehead atoms. The molecule has 0 unspecified atom stereocenters. The van der Waals surface area contributed by atoms with E-state index in [-0.39, 0.29) is 17.1 Å². The number of benzene rings is 2. The van der Waals surface area contributed by atoms with Gasteiger partial charge in [0.25, 0.3) is 11.7 Å². The van der Waals surface area contributed by atoms with E-state index in [1.807, 2.05) is 0 Å². The van der Waals surface area contributed by atoms with Gasteiger partial charge in [0.1, 0.15) is 5.75 Å². The van der Waals surface area contributed by atoms with Crippen LogP contribution in [0, 0.1) is 0 Å². The molecule has 26 heavy (non-hydrogen) atoms. The predicted octanol–water partition coefficient (Wildman–Crippen LogP) is 3.69. The second-order valence-electron chi connectivity index (χ2n) is 5.15. The number of amides is 1. The summed E-state index contributed by atoms with van der Waals surface area (Å²) in [6.07, 6.45) is -4.85. The largest absolute Gasteiger partial charge is 0.573 e. The number of nitrogens with zero attached hydrogens (tertiary/aromatic N) is 1. The Hall–Kier alpha value is -2.94. The van der Waals surface area contributed by atoms with Crippen molar-refractivity contribution in [3.63, 3.8) is 0 Å². The fourth-order valence-corrected chi connectivity index (χ4v) is 3.10. The average Bonchev–Trinajstić information content (AvgIpc) is 3.02. The zero-order valence-corrected chi connectivity index (χ0v) is 13.9. The van der Waals surface area contributed by atoms with E-state index < -0.39 is 23.8 Å². The molecular formula is C17H11F3N2O3S. The van der Waals surface area contributed by atoms with Gasteiger partial charge in [-0.2, -0.15) is 0 Å². The first-order valence-corrected chi connectivity index (χ1v) is 8.17. The summed E-state index contributed by atoms with van der Waals surface area (Å²) in [7, 11) is 0. The molecule has 9 heteroatoms. The molecule has 0 saturated heterocycles. The highest BCUT2D eigenvalue weighted by atomic mass is 32.1. The van der Waals surface area contributed by atoms with Crippen LogP contribution in [0.2, 0.25) is 0 Å². The van der Waals surface area contributed by atoms with Crippen LogP contribution in [0.15, 0.2) is 48.5 Å². The molecule has 1 heterocycles. The van der Waals surface area contributed by atoms with Crippen LogP contribution in [0.1, 0.15) is 15.4 Å². The third-order valence-electron chi connectivity index (χ3n) is 3.33. The van der Waals surface area contributed by atoms with Crippen molar-refractivity contribution >= 4 is 33.2 Å². The number of halogens is 3. The zero-order valence-electron chi connectivity index (χ0n) is 13.0. The van der Waals surface area contributed by atoms with Crippen molar-refractivity contribution in [1.29, 1.82) is 0 Å². The number of Topliss-reactive ketones (excluding diaryl/α,β-unsaturated/α-hetero) is 1. The summed E-state index contributed by atoms with van der Waals surface area (Å²) in [5, 5.41) is 2.32. The molecule has 0 fully saturated rings. The number of carbonyl (C=O) groups excluding carboxylic acids is 2. The Morgan fingerprint density at radius 1 is 1.08 bits per heavy atom. The van der Waals surface area contributed by atoms with Gasteiger partial charge < -0.3 is 10.1 Å². The van der Waals surface area contributed by atoms with Gasteiger partial charge in [-0.05, 0) is 18.2 Å². The Bertz CT molecular complexity index is 936. The molecule has 0 aliphatic heterocycles. The van der Waals surface area contributed by atoms with Crippen LogP contribution in [0.4, 0.5) is 13.2 Å². The summed E-state index contributed by atoms with van der Waals surface area (Å²) in [6.45, 7) is -0.290. The molecule has 1 N–H and O–H groups in total. The number of para-hydroxylation sites is 2. The number of hydrogen-bond donors (Lipinski definition) is 1. The lowest BCUT2D eigenvalue weighted by atomic mass is 10.2. The first-order valence-electron chi connectivity index (χ1n) is 7.35. The normalized spacial score (nSPS) is 11.3. The molecule has 134 valence electrons. The molecule has 0 spiro atoms. The summed E-state index contributed by atoms with van der Waals surface area (Å²) in [6, 6.07) is 12.4. The van der Waals surface area contributed by atoms with E-state index in [4.69, 9.17) is 0 Å². The van der Waals surface area contributed by atoms with Crippen molar-refractivity contribution in [3.8, 4) is 5.75 Å². The lowest BCUT2D eigenvalue weighted by molar-refractivity contribution is -0.274. The summed E-state index contributed by atoms with van der Waals surface area (Å²) in [5.41, 5.74) is 0.688. The maximum atomic E-state index is 12.4. The van der Waals surface area contributed by atoms with Crippen LogP contribution in [0.5, 0.6) is 5.75 Å². The maximum Gasteiger partial charge on any atom is 0.573 e. The van der Waals surface area contributed by atoms with Crippen molar-refractivity contribution < 1.29 is 27.5 Å². The minimum absolute atomic E-state index is 0.0172. The fraction of sp³-hybridized carbons (Fsp3) is 0.118. The molecule has 5 nitrogen and oxygen atoms in total. The fourth-order valence-electron chi connectivity index (χ4n) is 2.20.